The number of aliphatic hydroxyl groups excluding tert-OH is 1. The second-order valence-corrected chi connectivity index (χ2v) is 9.62. The van der Waals surface area contributed by atoms with Crippen molar-refractivity contribution in [3.63, 3.8) is 0 Å². The number of anilines is 1. The van der Waals surface area contributed by atoms with E-state index < -0.39 is 10.0 Å². The summed E-state index contributed by atoms with van der Waals surface area (Å²) < 4.78 is 25.6. The maximum absolute atomic E-state index is 13.0. The third-order valence-electron chi connectivity index (χ3n) is 5.41. The summed E-state index contributed by atoms with van der Waals surface area (Å²) in [6.07, 6.45) is 3.32. The number of amides is 1. The summed E-state index contributed by atoms with van der Waals surface area (Å²) in [7, 11) is -3.41. The molecule has 164 valence electrons. The van der Waals surface area contributed by atoms with Gasteiger partial charge in [0, 0.05) is 30.6 Å². The first kappa shape index (κ1) is 22.9. The van der Waals surface area contributed by atoms with Gasteiger partial charge in [-0.1, -0.05) is 30.0 Å². The van der Waals surface area contributed by atoms with Gasteiger partial charge in [0.05, 0.1) is 18.6 Å². The molecular formula is C24H28N2O4S. The van der Waals surface area contributed by atoms with E-state index in [2.05, 4.69) is 28.7 Å². The average Bonchev–Trinajstić information content (AvgIpc) is 2.75. The van der Waals surface area contributed by atoms with Crippen LogP contribution >= 0.6 is 0 Å². The number of aryl methyl sites for hydroxylation is 1. The van der Waals surface area contributed by atoms with Gasteiger partial charge in [0.25, 0.3) is 5.91 Å². The first-order valence-electron chi connectivity index (χ1n) is 10.3. The minimum atomic E-state index is -3.41. The Morgan fingerprint density at radius 3 is 2.45 bits per heavy atom. The Morgan fingerprint density at radius 2 is 1.84 bits per heavy atom. The summed E-state index contributed by atoms with van der Waals surface area (Å²) in [5.41, 5.74) is 3.87. The van der Waals surface area contributed by atoms with E-state index in [4.69, 9.17) is 5.11 Å². The van der Waals surface area contributed by atoms with Crippen molar-refractivity contribution in [2.24, 2.45) is 0 Å². The number of piperidine rings is 1. The van der Waals surface area contributed by atoms with Gasteiger partial charge >= 0.3 is 0 Å². The molecule has 1 heterocycles. The highest BCUT2D eigenvalue weighted by molar-refractivity contribution is 7.92. The van der Waals surface area contributed by atoms with Gasteiger partial charge in [-0.3, -0.25) is 9.52 Å². The van der Waals surface area contributed by atoms with Crippen molar-refractivity contribution < 1.29 is 18.3 Å². The molecule has 6 nitrogen and oxygen atoms in total. The highest BCUT2D eigenvalue weighted by atomic mass is 32.2. The van der Waals surface area contributed by atoms with E-state index in [1.54, 1.807) is 25.1 Å². The molecule has 0 atom stereocenters. The van der Waals surface area contributed by atoms with Crippen LogP contribution < -0.4 is 4.72 Å². The first-order valence-corrected chi connectivity index (χ1v) is 12.2. The van der Waals surface area contributed by atoms with Crippen LogP contribution in [0, 0.1) is 18.8 Å². The lowest BCUT2D eigenvalue weighted by Crippen LogP contribution is -2.38. The van der Waals surface area contributed by atoms with Crippen molar-refractivity contribution >= 4 is 21.6 Å². The SMILES string of the molecule is Cc1ccc(C(=O)N2CCC(c3ccc(C#CCCO)cc3)CC2)cc1NS(C)(=O)=O. The van der Waals surface area contributed by atoms with E-state index >= 15 is 0 Å². The molecule has 0 radical (unpaired) electrons. The number of nitrogens with zero attached hydrogens (tertiary/aromatic N) is 1. The molecule has 1 aliphatic rings. The van der Waals surface area contributed by atoms with E-state index in [-0.39, 0.29) is 12.5 Å². The summed E-state index contributed by atoms with van der Waals surface area (Å²) in [5, 5.41) is 8.80. The molecule has 0 spiro atoms. The van der Waals surface area contributed by atoms with Crippen molar-refractivity contribution in [3.05, 3.63) is 64.7 Å². The van der Waals surface area contributed by atoms with Gasteiger partial charge in [0.2, 0.25) is 10.0 Å². The minimum absolute atomic E-state index is 0.0699. The summed E-state index contributed by atoms with van der Waals surface area (Å²) in [5.74, 6) is 6.27. The summed E-state index contributed by atoms with van der Waals surface area (Å²) >= 11 is 0. The highest BCUT2D eigenvalue weighted by Crippen LogP contribution is 2.29. The molecule has 2 aromatic carbocycles. The second-order valence-electron chi connectivity index (χ2n) is 7.87. The second kappa shape index (κ2) is 9.99. The molecule has 0 unspecified atom stereocenters. The number of benzene rings is 2. The fraction of sp³-hybridized carbons (Fsp3) is 0.375. The Bertz CT molecular complexity index is 1090. The number of nitrogens with one attached hydrogen (secondary N) is 1. The van der Waals surface area contributed by atoms with Crippen LogP contribution in [-0.2, 0) is 10.0 Å². The summed E-state index contributed by atoms with van der Waals surface area (Å²) in [6, 6.07) is 13.3. The number of carbonyl (C=O) groups excluding carboxylic acids is 1. The fourth-order valence-electron chi connectivity index (χ4n) is 3.72. The van der Waals surface area contributed by atoms with Crippen LogP contribution in [0.1, 0.15) is 52.2 Å². The van der Waals surface area contributed by atoms with Crippen LogP contribution in [0.3, 0.4) is 0 Å². The quantitative estimate of drug-likeness (QED) is 0.700. The molecule has 1 aliphatic heterocycles. The van der Waals surface area contributed by atoms with Crippen LogP contribution in [0.15, 0.2) is 42.5 Å². The maximum Gasteiger partial charge on any atom is 0.253 e. The van der Waals surface area contributed by atoms with Crippen LogP contribution in [0.4, 0.5) is 5.69 Å². The molecule has 0 saturated carbocycles. The zero-order chi connectivity index (χ0) is 22.4. The predicted octanol–water partition coefficient (Wildman–Crippen LogP) is 3.12. The summed E-state index contributed by atoms with van der Waals surface area (Å²) in [4.78, 5) is 14.8. The van der Waals surface area contributed by atoms with Crippen molar-refractivity contribution in [1.29, 1.82) is 0 Å². The average molecular weight is 441 g/mol. The zero-order valence-corrected chi connectivity index (χ0v) is 18.7. The zero-order valence-electron chi connectivity index (χ0n) is 17.9. The number of likely N-dealkylation sites (tertiary alicyclic amines) is 1. The minimum Gasteiger partial charge on any atom is -0.395 e. The Labute approximate surface area is 184 Å². The number of hydrogen-bond acceptors (Lipinski definition) is 4. The highest BCUT2D eigenvalue weighted by Gasteiger charge is 2.25. The maximum atomic E-state index is 13.0. The Morgan fingerprint density at radius 1 is 1.16 bits per heavy atom. The Balaban J connectivity index is 1.62. The van der Waals surface area contributed by atoms with Crippen molar-refractivity contribution in [3.8, 4) is 11.8 Å². The molecular weight excluding hydrogens is 412 g/mol. The van der Waals surface area contributed by atoms with Crippen molar-refractivity contribution in [2.45, 2.75) is 32.1 Å². The van der Waals surface area contributed by atoms with E-state index in [9.17, 15) is 13.2 Å². The van der Waals surface area contributed by atoms with Gasteiger partial charge in [0.1, 0.15) is 0 Å². The van der Waals surface area contributed by atoms with Gasteiger partial charge in [-0.15, -0.1) is 0 Å². The number of sulfonamides is 1. The smallest absolute Gasteiger partial charge is 0.253 e. The molecule has 1 saturated heterocycles. The van der Waals surface area contributed by atoms with Gasteiger partial charge in [-0.25, -0.2) is 8.42 Å². The van der Waals surface area contributed by atoms with Gasteiger partial charge in [-0.2, -0.15) is 0 Å². The Kier molecular flexibility index (Phi) is 7.37. The van der Waals surface area contributed by atoms with Gasteiger partial charge < -0.3 is 10.0 Å². The van der Waals surface area contributed by atoms with E-state index in [1.807, 2.05) is 17.0 Å². The summed E-state index contributed by atoms with van der Waals surface area (Å²) in [6.45, 7) is 3.19. The molecule has 1 fully saturated rings. The monoisotopic (exact) mass is 440 g/mol. The number of rotatable bonds is 5. The molecule has 7 heteroatoms. The number of aliphatic hydroxyl groups is 1. The normalized spacial score (nSPS) is 14.6. The lowest BCUT2D eigenvalue weighted by Gasteiger charge is -2.32. The third kappa shape index (κ3) is 6.33. The molecule has 0 bridgehead atoms. The number of carbonyl (C=O) groups is 1. The topological polar surface area (TPSA) is 86.7 Å². The molecule has 0 aliphatic carbocycles. The molecule has 2 aromatic rings. The third-order valence-corrected chi connectivity index (χ3v) is 6.00. The largest absolute Gasteiger partial charge is 0.395 e. The standard InChI is InChI=1S/C24H28N2O4S/c1-18-6-9-22(17-23(18)25-31(2,29)30)24(28)26-14-12-21(13-15-26)20-10-7-19(8-11-20)5-3-4-16-27/h6-11,17,21,25,27H,4,12-16H2,1-2H3. The molecule has 31 heavy (non-hydrogen) atoms. The van der Waals surface area contributed by atoms with E-state index in [0.717, 1.165) is 30.2 Å². The van der Waals surface area contributed by atoms with Crippen LogP contribution in [0.5, 0.6) is 0 Å². The molecule has 2 N–H and O–H groups in total. The van der Waals surface area contributed by atoms with Crippen LogP contribution in [-0.4, -0.2) is 50.3 Å². The number of hydrogen-bond donors (Lipinski definition) is 2. The Hall–Kier alpha value is -2.82. The van der Waals surface area contributed by atoms with Gasteiger partial charge in [-0.05, 0) is 61.1 Å². The lowest BCUT2D eigenvalue weighted by atomic mass is 9.88. The van der Waals surface area contributed by atoms with Gasteiger partial charge in [0.15, 0.2) is 0 Å². The van der Waals surface area contributed by atoms with E-state index in [0.29, 0.717) is 36.7 Å². The molecule has 3 rings (SSSR count). The van der Waals surface area contributed by atoms with Crippen LogP contribution in [0.2, 0.25) is 0 Å². The first-order chi connectivity index (χ1) is 14.8. The van der Waals surface area contributed by atoms with E-state index in [1.165, 1.54) is 5.56 Å². The lowest BCUT2D eigenvalue weighted by molar-refractivity contribution is 0.0713. The van der Waals surface area contributed by atoms with Crippen LogP contribution in [0.25, 0.3) is 0 Å². The van der Waals surface area contributed by atoms with Crippen molar-refractivity contribution in [2.75, 3.05) is 30.7 Å². The molecule has 0 aromatic heterocycles. The molecule has 1 amide bonds. The van der Waals surface area contributed by atoms with Crippen molar-refractivity contribution in [1.82, 2.24) is 4.90 Å². The fourth-order valence-corrected chi connectivity index (χ4v) is 4.34. The predicted molar refractivity (Wildman–Crippen MR) is 123 cm³/mol.